The average Bonchev–Trinajstić information content (AvgIpc) is 2.82. The minimum atomic E-state index is -0.121. The smallest absolute Gasteiger partial charge is 0.253 e. The van der Waals surface area contributed by atoms with E-state index in [2.05, 4.69) is 16.3 Å². The van der Waals surface area contributed by atoms with Gasteiger partial charge >= 0.3 is 0 Å². The van der Waals surface area contributed by atoms with E-state index in [0.717, 1.165) is 75.2 Å². The van der Waals surface area contributed by atoms with Crippen LogP contribution in [0.25, 0.3) is 0 Å². The molecule has 0 radical (unpaired) electrons. The van der Waals surface area contributed by atoms with Gasteiger partial charge < -0.3 is 15.0 Å². The first kappa shape index (κ1) is 23.2. The van der Waals surface area contributed by atoms with Crippen LogP contribution < -0.4 is 5.32 Å². The summed E-state index contributed by atoms with van der Waals surface area (Å²) < 4.78 is 5.58. The monoisotopic (exact) mass is 441 g/mol. The molecule has 1 N–H and O–H groups in total. The zero-order chi connectivity index (χ0) is 22.6. The van der Waals surface area contributed by atoms with E-state index in [1.165, 1.54) is 19.3 Å². The van der Waals surface area contributed by atoms with E-state index in [4.69, 9.17) is 4.74 Å². The second kappa shape index (κ2) is 10.3. The van der Waals surface area contributed by atoms with Crippen LogP contribution in [-0.2, 0) is 9.53 Å². The Bertz CT molecular complexity index is 792. The molecule has 1 aromatic carbocycles. The molecule has 3 aliphatic rings. The Kier molecular flexibility index (Phi) is 7.51. The zero-order valence-electron chi connectivity index (χ0n) is 19.8. The van der Waals surface area contributed by atoms with Crippen molar-refractivity contribution in [2.24, 2.45) is 5.92 Å². The molecular weight excluding hydrogens is 402 g/mol. The lowest BCUT2D eigenvalue weighted by molar-refractivity contribution is -0.127. The molecule has 2 saturated heterocycles. The highest BCUT2D eigenvalue weighted by Crippen LogP contribution is 2.34. The first-order chi connectivity index (χ1) is 15.5. The van der Waals surface area contributed by atoms with Crippen LogP contribution in [0.3, 0.4) is 0 Å². The SMILES string of the molecule is Cc1cc(C)cc(C(=O)N2CCCC(C(=O)NCC3(N4CCOCC4)CCCCC3)C2)c1. The number of carbonyl (C=O) groups is 2. The summed E-state index contributed by atoms with van der Waals surface area (Å²) in [6, 6.07) is 5.99. The van der Waals surface area contributed by atoms with Crippen LogP contribution in [0, 0.1) is 19.8 Å². The minimum Gasteiger partial charge on any atom is -0.379 e. The summed E-state index contributed by atoms with van der Waals surface area (Å²) >= 11 is 0. The van der Waals surface area contributed by atoms with Gasteiger partial charge in [0.25, 0.3) is 5.91 Å². The van der Waals surface area contributed by atoms with Crippen LogP contribution in [0.15, 0.2) is 18.2 Å². The molecule has 32 heavy (non-hydrogen) atoms. The van der Waals surface area contributed by atoms with Crippen molar-refractivity contribution in [3.05, 3.63) is 34.9 Å². The molecule has 4 rings (SSSR count). The number of carbonyl (C=O) groups excluding carboxylic acids is 2. The number of amides is 2. The Balaban J connectivity index is 1.37. The van der Waals surface area contributed by atoms with Crippen molar-refractivity contribution in [1.29, 1.82) is 0 Å². The van der Waals surface area contributed by atoms with Crippen LogP contribution in [0.4, 0.5) is 0 Å². The summed E-state index contributed by atoms with van der Waals surface area (Å²) in [6.45, 7) is 9.48. The zero-order valence-corrected chi connectivity index (χ0v) is 19.8. The number of aryl methyl sites for hydroxylation is 2. The van der Waals surface area contributed by atoms with Gasteiger partial charge in [0.1, 0.15) is 0 Å². The normalized spacial score (nSPS) is 24.2. The molecule has 1 unspecified atom stereocenters. The number of nitrogens with zero attached hydrogens (tertiary/aromatic N) is 2. The molecule has 6 heteroatoms. The van der Waals surface area contributed by atoms with Crippen molar-refractivity contribution in [2.75, 3.05) is 45.9 Å². The number of hydrogen-bond acceptors (Lipinski definition) is 4. The lowest BCUT2D eigenvalue weighted by Crippen LogP contribution is -2.60. The Morgan fingerprint density at radius 1 is 1.00 bits per heavy atom. The molecule has 2 heterocycles. The maximum atomic E-state index is 13.2. The average molecular weight is 442 g/mol. The van der Waals surface area contributed by atoms with E-state index in [1.54, 1.807) is 0 Å². The highest BCUT2D eigenvalue weighted by Gasteiger charge is 2.39. The van der Waals surface area contributed by atoms with Gasteiger partial charge in [0.2, 0.25) is 5.91 Å². The maximum Gasteiger partial charge on any atom is 0.253 e. The van der Waals surface area contributed by atoms with Crippen molar-refractivity contribution in [2.45, 2.75) is 64.3 Å². The third kappa shape index (κ3) is 5.34. The predicted molar refractivity (Wildman–Crippen MR) is 126 cm³/mol. The van der Waals surface area contributed by atoms with Gasteiger partial charge in [-0.2, -0.15) is 0 Å². The van der Waals surface area contributed by atoms with Crippen LogP contribution >= 0.6 is 0 Å². The van der Waals surface area contributed by atoms with Crippen molar-refractivity contribution in [1.82, 2.24) is 15.1 Å². The Hall–Kier alpha value is -1.92. The first-order valence-corrected chi connectivity index (χ1v) is 12.4. The first-order valence-electron chi connectivity index (χ1n) is 12.4. The highest BCUT2D eigenvalue weighted by molar-refractivity contribution is 5.95. The van der Waals surface area contributed by atoms with Gasteiger partial charge in [-0.3, -0.25) is 14.5 Å². The van der Waals surface area contributed by atoms with E-state index in [1.807, 2.05) is 30.9 Å². The standard InChI is InChI=1S/C26H39N3O3/c1-20-15-21(2)17-23(16-20)25(31)28-10-6-7-22(18-28)24(30)27-19-26(8-4-3-5-9-26)29-11-13-32-14-12-29/h15-17,22H,3-14,18-19H2,1-2H3,(H,27,30). The lowest BCUT2D eigenvalue weighted by Gasteiger charge is -2.48. The molecule has 2 amide bonds. The van der Waals surface area contributed by atoms with Crippen LogP contribution in [0.5, 0.6) is 0 Å². The number of benzene rings is 1. The van der Waals surface area contributed by atoms with E-state index in [0.29, 0.717) is 13.1 Å². The summed E-state index contributed by atoms with van der Waals surface area (Å²) in [4.78, 5) is 30.7. The van der Waals surface area contributed by atoms with Crippen LogP contribution in [0.2, 0.25) is 0 Å². The molecule has 1 atom stereocenters. The fourth-order valence-electron chi connectivity index (χ4n) is 5.90. The predicted octanol–water partition coefficient (Wildman–Crippen LogP) is 3.31. The number of piperidine rings is 1. The summed E-state index contributed by atoms with van der Waals surface area (Å²) in [6.07, 6.45) is 7.78. The quantitative estimate of drug-likeness (QED) is 0.762. The third-order valence-corrected chi connectivity index (χ3v) is 7.61. The minimum absolute atomic E-state index is 0.0476. The number of rotatable bonds is 5. The van der Waals surface area contributed by atoms with Crippen molar-refractivity contribution in [3.63, 3.8) is 0 Å². The molecule has 6 nitrogen and oxygen atoms in total. The lowest BCUT2D eigenvalue weighted by atomic mass is 9.79. The van der Waals surface area contributed by atoms with Gasteiger partial charge in [-0.15, -0.1) is 0 Å². The molecule has 176 valence electrons. The highest BCUT2D eigenvalue weighted by atomic mass is 16.5. The molecule has 2 aliphatic heterocycles. The summed E-state index contributed by atoms with van der Waals surface area (Å²) in [5.41, 5.74) is 3.00. The number of likely N-dealkylation sites (tertiary alicyclic amines) is 1. The molecule has 1 aromatic rings. The molecule has 0 aromatic heterocycles. The largest absolute Gasteiger partial charge is 0.379 e. The second-order valence-electron chi connectivity index (χ2n) is 10.1. The molecule has 1 aliphatic carbocycles. The van der Waals surface area contributed by atoms with E-state index >= 15 is 0 Å². The van der Waals surface area contributed by atoms with E-state index in [9.17, 15) is 9.59 Å². The fraction of sp³-hybridized carbons (Fsp3) is 0.692. The van der Waals surface area contributed by atoms with E-state index < -0.39 is 0 Å². The van der Waals surface area contributed by atoms with Gasteiger partial charge in [-0.25, -0.2) is 0 Å². The topological polar surface area (TPSA) is 61.9 Å². The van der Waals surface area contributed by atoms with Crippen molar-refractivity contribution in [3.8, 4) is 0 Å². The van der Waals surface area contributed by atoms with Gasteiger partial charge in [0.15, 0.2) is 0 Å². The number of ether oxygens (including phenoxy) is 1. The molecule has 0 spiro atoms. The maximum absolute atomic E-state index is 13.2. The van der Waals surface area contributed by atoms with Crippen LogP contribution in [0.1, 0.15) is 66.4 Å². The number of nitrogens with one attached hydrogen (secondary N) is 1. The molecule has 1 saturated carbocycles. The van der Waals surface area contributed by atoms with Crippen molar-refractivity contribution < 1.29 is 14.3 Å². The molecule has 3 fully saturated rings. The fourth-order valence-corrected chi connectivity index (χ4v) is 5.90. The van der Waals surface area contributed by atoms with Gasteiger partial charge in [0, 0.05) is 43.8 Å². The second-order valence-corrected chi connectivity index (χ2v) is 10.1. The number of morpholine rings is 1. The van der Waals surface area contributed by atoms with Gasteiger partial charge in [-0.05, 0) is 51.7 Å². The van der Waals surface area contributed by atoms with E-state index in [-0.39, 0.29) is 23.3 Å². The summed E-state index contributed by atoms with van der Waals surface area (Å²) in [5, 5.41) is 3.32. The Morgan fingerprint density at radius 2 is 1.69 bits per heavy atom. The Morgan fingerprint density at radius 3 is 2.38 bits per heavy atom. The molecule has 0 bridgehead atoms. The summed E-state index contributed by atoms with van der Waals surface area (Å²) in [5.74, 6) is 0.0384. The van der Waals surface area contributed by atoms with Gasteiger partial charge in [0.05, 0.1) is 19.1 Å². The van der Waals surface area contributed by atoms with Gasteiger partial charge in [-0.1, -0.05) is 36.5 Å². The third-order valence-electron chi connectivity index (χ3n) is 7.61. The van der Waals surface area contributed by atoms with Crippen LogP contribution in [-0.4, -0.2) is 73.1 Å². The van der Waals surface area contributed by atoms with Crippen molar-refractivity contribution >= 4 is 11.8 Å². The number of hydrogen-bond donors (Lipinski definition) is 1. The molecular formula is C26H39N3O3. The summed E-state index contributed by atoms with van der Waals surface area (Å²) in [7, 11) is 0. The Labute approximate surface area is 192 Å².